The zero-order chi connectivity index (χ0) is 14.5. The van der Waals surface area contributed by atoms with Gasteiger partial charge in [-0.05, 0) is 37.8 Å². The van der Waals surface area contributed by atoms with Crippen LogP contribution >= 0.6 is 0 Å². The number of rotatable bonds is 5. The van der Waals surface area contributed by atoms with Crippen LogP contribution in [-0.4, -0.2) is 23.3 Å². The molecule has 0 heterocycles. The number of benzene rings is 1. The van der Waals surface area contributed by atoms with Crippen molar-refractivity contribution >= 4 is 11.7 Å². The molecule has 19 heavy (non-hydrogen) atoms. The number of amides is 2. The highest BCUT2D eigenvalue weighted by atomic mass is 16.3. The van der Waals surface area contributed by atoms with Gasteiger partial charge in [0, 0.05) is 17.8 Å². The van der Waals surface area contributed by atoms with Crippen LogP contribution in [0.4, 0.5) is 10.5 Å². The van der Waals surface area contributed by atoms with E-state index in [0.717, 1.165) is 11.3 Å². The van der Waals surface area contributed by atoms with E-state index < -0.39 is 5.54 Å². The minimum absolute atomic E-state index is 0.0514. The van der Waals surface area contributed by atoms with Crippen molar-refractivity contribution < 1.29 is 9.90 Å². The highest BCUT2D eigenvalue weighted by molar-refractivity contribution is 5.90. The van der Waals surface area contributed by atoms with Crippen LogP contribution in [0.2, 0.25) is 0 Å². The van der Waals surface area contributed by atoms with Crippen LogP contribution in [0, 0.1) is 0 Å². The Kier molecular flexibility index (Phi) is 5.36. The standard InChI is InChI=1S/C15H24N2O2/c1-11(2)12-7-5-6-8-13(12)16-14(19)17-15(3,4)9-10-18/h5-8,11,18H,9-10H2,1-4H3,(H2,16,17,19). The smallest absolute Gasteiger partial charge is 0.319 e. The molecule has 0 spiro atoms. The molecule has 0 aliphatic carbocycles. The van der Waals surface area contributed by atoms with E-state index in [0.29, 0.717) is 12.3 Å². The Morgan fingerprint density at radius 1 is 1.32 bits per heavy atom. The lowest BCUT2D eigenvalue weighted by Gasteiger charge is -2.26. The fourth-order valence-electron chi connectivity index (χ4n) is 1.92. The van der Waals surface area contributed by atoms with Crippen molar-refractivity contribution in [1.29, 1.82) is 0 Å². The molecule has 0 saturated heterocycles. The lowest BCUT2D eigenvalue weighted by Crippen LogP contribution is -2.46. The van der Waals surface area contributed by atoms with Gasteiger partial charge in [0.05, 0.1) is 0 Å². The molecule has 0 unspecified atom stereocenters. The van der Waals surface area contributed by atoms with Crippen molar-refractivity contribution in [1.82, 2.24) is 5.32 Å². The summed E-state index contributed by atoms with van der Waals surface area (Å²) in [7, 11) is 0. The topological polar surface area (TPSA) is 61.4 Å². The van der Waals surface area contributed by atoms with E-state index in [1.54, 1.807) is 0 Å². The van der Waals surface area contributed by atoms with Gasteiger partial charge < -0.3 is 15.7 Å². The van der Waals surface area contributed by atoms with Gasteiger partial charge >= 0.3 is 6.03 Å². The summed E-state index contributed by atoms with van der Waals surface area (Å²) in [6, 6.07) is 7.54. The van der Waals surface area contributed by atoms with E-state index in [2.05, 4.69) is 24.5 Å². The number of aliphatic hydroxyl groups excluding tert-OH is 1. The van der Waals surface area contributed by atoms with Crippen molar-refractivity contribution in [3.8, 4) is 0 Å². The van der Waals surface area contributed by atoms with Crippen LogP contribution in [0.5, 0.6) is 0 Å². The third-order valence-corrected chi connectivity index (χ3v) is 3.02. The average Bonchev–Trinajstić information content (AvgIpc) is 2.28. The first kappa shape index (κ1) is 15.5. The predicted octanol–water partition coefficient (Wildman–Crippen LogP) is 3.09. The number of urea groups is 1. The first-order valence-electron chi connectivity index (χ1n) is 6.64. The minimum Gasteiger partial charge on any atom is -0.396 e. The van der Waals surface area contributed by atoms with Crippen molar-refractivity contribution in [2.24, 2.45) is 0 Å². The van der Waals surface area contributed by atoms with Gasteiger partial charge in [-0.3, -0.25) is 0 Å². The van der Waals surface area contributed by atoms with Crippen LogP contribution in [0.1, 0.15) is 45.6 Å². The van der Waals surface area contributed by atoms with Crippen molar-refractivity contribution in [2.75, 3.05) is 11.9 Å². The minimum atomic E-state index is -0.425. The fourth-order valence-corrected chi connectivity index (χ4v) is 1.92. The van der Waals surface area contributed by atoms with Crippen LogP contribution in [0.15, 0.2) is 24.3 Å². The molecule has 106 valence electrons. The van der Waals surface area contributed by atoms with E-state index in [1.165, 1.54) is 0 Å². The number of nitrogens with one attached hydrogen (secondary N) is 2. The summed E-state index contributed by atoms with van der Waals surface area (Å²) in [5.74, 6) is 0.349. The van der Waals surface area contributed by atoms with E-state index in [-0.39, 0.29) is 12.6 Å². The molecule has 0 aromatic heterocycles. The molecule has 0 saturated carbocycles. The summed E-state index contributed by atoms with van der Waals surface area (Å²) < 4.78 is 0. The van der Waals surface area contributed by atoms with Gasteiger partial charge in [0.2, 0.25) is 0 Å². The monoisotopic (exact) mass is 264 g/mol. The Morgan fingerprint density at radius 2 is 1.95 bits per heavy atom. The maximum atomic E-state index is 12.0. The summed E-state index contributed by atoms with van der Waals surface area (Å²) in [5, 5.41) is 14.7. The first-order valence-corrected chi connectivity index (χ1v) is 6.64. The summed E-state index contributed by atoms with van der Waals surface area (Å²) >= 11 is 0. The van der Waals surface area contributed by atoms with Gasteiger partial charge in [-0.25, -0.2) is 4.79 Å². The summed E-state index contributed by atoms with van der Waals surface area (Å²) in [6.45, 7) is 8.01. The Hall–Kier alpha value is -1.55. The molecule has 0 atom stereocenters. The van der Waals surface area contributed by atoms with Gasteiger partial charge in [-0.1, -0.05) is 32.0 Å². The molecule has 1 aromatic rings. The Morgan fingerprint density at radius 3 is 2.53 bits per heavy atom. The number of hydrogen-bond donors (Lipinski definition) is 3. The molecular formula is C15H24N2O2. The van der Waals surface area contributed by atoms with E-state index in [9.17, 15) is 4.79 Å². The number of anilines is 1. The second-order valence-corrected chi connectivity index (χ2v) is 5.68. The van der Waals surface area contributed by atoms with Crippen LogP contribution in [0.3, 0.4) is 0 Å². The Balaban J connectivity index is 2.72. The third-order valence-electron chi connectivity index (χ3n) is 3.02. The maximum absolute atomic E-state index is 12.0. The summed E-state index contributed by atoms with van der Waals surface area (Å²) in [6.07, 6.45) is 0.520. The first-order chi connectivity index (χ1) is 8.85. The highest BCUT2D eigenvalue weighted by Crippen LogP contribution is 2.23. The van der Waals surface area contributed by atoms with Crippen molar-refractivity contribution in [2.45, 2.75) is 45.6 Å². The molecule has 0 aliphatic heterocycles. The van der Waals surface area contributed by atoms with Gasteiger partial charge in [0.15, 0.2) is 0 Å². The summed E-state index contributed by atoms with van der Waals surface area (Å²) in [4.78, 5) is 12.0. The number of carbonyl (C=O) groups is 1. The Labute approximate surface area is 115 Å². The number of hydrogen-bond acceptors (Lipinski definition) is 2. The average molecular weight is 264 g/mol. The SMILES string of the molecule is CC(C)c1ccccc1NC(=O)NC(C)(C)CCO. The largest absolute Gasteiger partial charge is 0.396 e. The van der Waals surface area contributed by atoms with E-state index in [4.69, 9.17) is 5.11 Å². The quantitative estimate of drug-likeness (QED) is 0.765. The molecule has 1 aromatic carbocycles. The van der Waals surface area contributed by atoms with E-state index >= 15 is 0 Å². The molecule has 0 aliphatic rings. The number of para-hydroxylation sites is 1. The lowest BCUT2D eigenvalue weighted by atomic mass is 10.0. The Bertz CT molecular complexity index is 428. The van der Waals surface area contributed by atoms with Crippen LogP contribution < -0.4 is 10.6 Å². The molecule has 0 fully saturated rings. The normalized spacial score (nSPS) is 11.5. The van der Waals surface area contributed by atoms with Gasteiger partial charge in [-0.2, -0.15) is 0 Å². The zero-order valence-corrected chi connectivity index (χ0v) is 12.2. The fraction of sp³-hybridized carbons (Fsp3) is 0.533. The highest BCUT2D eigenvalue weighted by Gasteiger charge is 2.20. The lowest BCUT2D eigenvalue weighted by molar-refractivity contribution is 0.218. The third kappa shape index (κ3) is 4.91. The van der Waals surface area contributed by atoms with Gasteiger partial charge in [-0.15, -0.1) is 0 Å². The molecule has 1 rings (SSSR count). The van der Waals surface area contributed by atoms with Gasteiger partial charge in [0.1, 0.15) is 0 Å². The summed E-state index contributed by atoms with van der Waals surface area (Å²) in [5.41, 5.74) is 1.51. The molecule has 4 nitrogen and oxygen atoms in total. The molecule has 0 bridgehead atoms. The molecule has 4 heteroatoms. The molecule has 0 radical (unpaired) electrons. The van der Waals surface area contributed by atoms with Gasteiger partial charge in [0.25, 0.3) is 0 Å². The van der Waals surface area contributed by atoms with Crippen molar-refractivity contribution in [3.05, 3.63) is 29.8 Å². The molecule has 3 N–H and O–H groups in total. The number of carbonyl (C=O) groups excluding carboxylic acids is 1. The van der Waals surface area contributed by atoms with E-state index in [1.807, 2.05) is 38.1 Å². The molecular weight excluding hydrogens is 240 g/mol. The predicted molar refractivity (Wildman–Crippen MR) is 78.5 cm³/mol. The van der Waals surface area contributed by atoms with Crippen molar-refractivity contribution in [3.63, 3.8) is 0 Å². The second-order valence-electron chi connectivity index (χ2n) is 5.68. The van der Waals surface area contributed by atoms with Crippen LogP contribution in [0.25, 0.3) is 0 Å². The maximum Gasteiger partial charge on any atom is 0.319 e. The number of aliphatic hydroxyl groups is 1. The van der Waals surface area contributed by atoms with Crippen LogP contribution in [-0.2, 0) is 0 Å². The molecule has 2 amide bonds. The second kappa shape index (κ2) is 6.57. The zero-order valence-electron chi connectivity index (χ0n) is 12.2.